The molecule has 0 fully saturated rings. The summed E-state index contributed by atoms with van der Waals surface area (Å²) in [5.74, 6) is 0.510. The van der Waals surface area contributed by atoms with E-state index in [0.717, 1.165) is 6.54 Å². The van der Waals surface area contributed by atoms with Crippen molar-refractivity contribution in [2.45, 2.75) is 12.8 Å². The fourth-order valence-electron chi connectivity index (χ4n) is 2.47. The highest BCUT2D eigenvalue weighted by molar-refractivity contribution is 5.60. The van der Waals surface area contributed by atoms with Crippen LogP contribution in [-0.2, 0) is 0 Å². The van der Waals surface area contributed by atoms with Crippen LogP contribution in [-0.4, -0.2) is 6.54 Å². The lowest BCUT2D eigenvalue weighted by atomic mass is 9.92. The van der Waals surface area contributed by atoms with Crippen LogP contribution in [0.25, 0.3) is 0 Å². The highest BCUT2D eigenvalue weighted by Crippen LogP contribution is 2.35. The number of nitrogens with one attached hydrogen (secondary N) is 1. The molecule has 1 aliphatic heterocycles. The van der Waals surface area contributed by atoms with E-state index in [2.05, 4.69) is 60.8 Å². The van der Waals surface area contributed by atoms with E-state index < -0.39 is 0 Å². The molecule has 1 unspecified atom stereocenters. The summed E-state index contributed by atoms with van der Waals surface area (Å²) < 4.78 is 0. The number of hydrogen-bond donors (Lipinski definition) is 1. The van der Waals surface area contributed by atoms with Crippen LogP contribution in [0.4, 0.5) is 5.69 Å². The summed E-state index contributed by atoms with van der Waals surface area (Å²) in [4.78, 5) is 0. The largest absolute Gasteiger partial charge is 0.384 e. The van der Waals surface area contributed by atoms with Gasteiger partial charge in [-0.1, -0.05) is 48.0 Å². The van der Waals surface area contributed by atoms with Crippen molar-refractivity contribution in [3.8, 4) is 0 Å². The Bertz CT molecular complexity index is 516. The molecular weight excluding hydrogens is 194 g/mol. The van der Waals surface area contributed by atoms with Gasteiger partial charge >= 0.3 is 0 Å². The van der Waals surface area contributed by atoms with Crippen LogP contribution in [0.15, 0.2) is 48.5 Å². The fraction of sp³-hybridized carbons (Fsp3) is 0.200. The highest BCUT2D eigenvalue weighted by atomic mass is 14.9. The second-order valence-corrected chi connectivity index (χ2v) is 4.43. The summed E-state index contributed by atoms with van der Waals surface area (Å²) >= 11 is 0. The summed E-state index contributed by atoms with van der Waals surface area (Å²) in [6.07, 6.45) is 0. The minimum absolute atomic E-state index is 0.510. The van der Waals surface area contributed by atoms with Crippen molar-refractivity contribution in [1.29, 1.82) is 0 Å². The minimum atomic E-state index is 0.510. The van der Waals surface area contributed by atoms with Gasteiger partial charge in [0.05, 0.1) is 0 Å². The molecule has 2 aromatic rings. The zero-order valence-electron chi connectivity index (χ0n) is 9.40. The Hall–Kier alpha value is -1.76. The highest BCUT2D eigenvalue weighted by Gasteiger charge is 2.22. The molecule has 0 aliphatic carbocycles. The van der Waals surface area contributed by atoms with Crippen molar-refractivity contribution in [1.82, 2.24) is 0 Å². The van der Waals surface area contributed by atoms with Gasteiger partial charge in [0, 0.05) is 18.2 Å². The summed E-state index contributed by atoms with van der Waals surface area (Å²) in [5.41, 5.74) is 5.46. The van der Waals surface area contributed by atoms with E-state index >= 15 is 0 Å². The van der Waals surface area contributed by atoms with E-state index in [9.17, 15) is 0 Å². The Kier molecular flexibility index (Phi) is 2.17. The van der Waals surface area contributed by atoms with Crippen LogP contribution >= 0.6 is 0 Å². The van der Waals surface area contributed by atoms with E-state index in [1.165, 1.54) is 22.4 Å². The Labute approximate surface area is 96.1 Å². The molecule has 0 radical (unpaired) electrons. The molecule has 80 valence electrons. The van der Waals surface area contributed by atoms with Crippen LogP contribution < -0.4 is 5.32 Å². The normalized spacial score (nSPS) is 17.9. The molecule has 0 bridgehead atoms. The Morgan fingerprint density at radius 2 is 1.94 bits per heavy atom. The van der Waals surface area contributed by atoms with Crippen LogP contribution in [0, 0.1) is 6.92 Å². The van der Waals surface area contributed by atoms with Gasteiger partial charge in [-0.2, -0.15) is 0 Å². The lowest BCUT2D eigenvalue weighted by Crippen LogP contribution is -2.03. The smallest absolute Gasteiger partial charge is 0.0379 e. The Morgan fingerprint density at radius 1 is 1.06 bits per heavy atom. The topological polar surface area (TPSA) is 12.0 Å². The third-order valence-electron chi connectivity index (χ3n) is 3.28. The van der Waals surface area contributed by atoms with E-state index in [0.29, 0.717) is 5.92 Å². The Morgan fingerprint density at radius 3 is 2.81 bits per heavy atom. The quantitative estimate of drug-likeness (QED) is 0.757. The molecule has 1 nitrogen and oxygen atoms in total. The molecule has 0 aromatic heterocycles. The summed E-state index contributed by atoms with van der Waals surface area (Å²) in [7, 11) is 0. The molecule has 0 spiro atoms. The standard InChI is InChI=1S/C15H15N/c1-11-5-4-6-12(9-11)14-10-16-15-8-3-2-7-13(14)15/h2-9,14,16H,10H2,1H3. The molecule has 1 atom stereocenters. The summed E-state index contributed by atoms with van der Waals surface area (Å²) in [5, 5.41) is 3.47. The van der Waals surface area contributed by atoms with Gasteiger partial charge < -0.3 is 5.32 Å². The Balaban J connectivity index is 2.05. The molecule has 0 saturated carbocycles. The number of rotatable bonds is 1. The molecule has 1 heteroatoms. The van der Waals surface area contributed by atoms with Crippen molar-refractivity contribution in [3.63, 3.8) is 0 Å². The third kappa shape index (κ3) is 1.49. The minimum Gasteiger partial charge on any atom is -0.384 e. The molecule has 1 heterocycles. The van der Waals surface area contributed by atoms with Gasteiger partial charge in [-0.15, -0.1) is 0 Å². The van der Waals surface area contributed by atoms with Crippen LogP contribution in [0.5, 0.6) is 0 Å². The average molecular weight is 209 g/mol. The second-order valence-electron chi connectivity index (χ2n) is 4.43. The van der Waals surface area contributed by atoms with Crippen molar-refractivity contribution in [2.24, 2.45) is 0 Å². The van der Waals surface area contributed by atoms with Crippen LogP contribution in [0.3, 0.4) is 0 Å². The number of para-hydroxylation sites is 1. The van der Waals surface area contributed by atoms with Crippen molar-refractivity contribution in [3.05, 3.63) is 65.2 Å². The molecule has 1 aliphatic rings. The van der Waals surface area contributed by atoms with Gasteiger partial charge in [0.1, 0.15) is 0 Å². The number of hydrogen-bond acceptors (Lipinski definition) is 1. The zero-order chi connectivity index (χ0) is 11.0. The van der Waals surface area contributed by atoms with E-state index in [-0.39, 0.29) is 0 Å². The van der Waals surface area contributed by atoms with Crippen molar-refractivity contribution in [2.75, 3.05) is 11.9 Å². The van der Waals surface area contributed by atoms with Gasteiger partial charge in [-0.05, 0) is 24.1 Å². The maximum atomic E-state index is 3.47. The third-order valence-corrected chi connectivity index (χ3v) is 3.28. The van der Waals surface area contributed by atoms with Crippen LogP contribution in [0.2, 0.25) is 0 Å². The lowest BCUT2D eigenvalue weighted by Gasteiger charge is -2.11. The molecule has 3 rings (SSSR count). The maximum absolute atomic E-state index is 3.47. The van der Waals surface area contributed by atoms with Gasteiger partial charge in [0.15, 0.2) is 0 Å². The van der Waals surface area contributed by atoms with Crippen molar-refractivity contribution >= 4 is 5.69 Å². The first-order valence-corrected chi connectivity index (χ1v) is 5.74. The first-order chi connectivity index (χ1) is 7.84. The SMILES string of the molecule is Cc1cccc(C2CNc3ccccc32)c1. The van der Waals surface area contributed by atoms with E-state index in [1.807, 2.05) is 0 Å². The van der Waals surface area contributed by atoms with Gasteiger partial charge in [0.25, 0.3) is 0 Å². The number of anilines is 1. The fourth-order valence-corrected chi connectivity index (χ4v) is 2.47. The summed E-state index contributed by atoms with van der Waals surface area (Å²) in [6.45, 7) is 3.17. The van der Waals surface area contributed by atoms with Gasteiger partial charge in [0.2, 0.25) is 0 Å². The lowest BCUT2D eigenvalue weighted by molar-refractivity contribution is 0.905. The number of aryl methyl sites for hydroxylation is 1. The molecule has 1 N–H and O–H groups in total. The first-order valence-electron chi connectivity index (χ1n) is 5.74. The zero-order valence-corrected chi connectivity index (χ0v) is 9.40. The van der Waals surface area contributed by atoms with Gasteiger partial charge in [-0.25, -0.2) is 0 Å². The average Bonchev–Trinajstić information content (AvgIpc) is 2.72. The molecule has 0 saturated heterocycles. The first kappa shape index (κ1) is 9.46. The second kappa shape index (κ2) is 3.67. The monoisotopic (exact) mass is 209 g/mol. The predicted octanol–water partition coefficient (Wildman–Crippen LogP) is 3.55. The molecule has 0 amide bonds. The number of benzene rings is 2. The molecule has 2 aromatic carbocycles. The van der Waals surface area contributed by atoms with Gasteiger partial charge in [-0.3, -0.25) is 0 Å². The van der Waals surface area contributed by atoms with Crippen molar-refractivity contribution < 1.29 is 0 Å². The maximum Gasteiger partial charge on any atom is 0.0379 e. The number of fused-ring (bicyclic) bond motifs is 1. The van der Waals surface area contributed by atoms with Crippen LogP contribution in [0.1, 0.15) is 22.6 Å². The predicted molar refractivity (Wildman–Crippen MR) is 68.0 cm³/mol. The summed E-state index contributed by atoms with van der Waals surface area (Å²) in [6, 6.07) is 17.4. The molecule has 16 heavy (non-hydrogen) atoms. The molecular formula is C15H15N. The van der Waals surface area contributed by atoms with E-state index in [1.54, 1.807) is 0 Å². The van der Waals surface area contributed by atoms with E-state index in [4.69, 9.17) is 0 Å².